The van der Waals surface area contributed by atoms with Gasteiger partial charge in [0.2, 0.25) is 0 Å². The summed E-state index contributed by atoms with van der Waals surface area (Å²) >= 11 is 0. The molecule has 2 rings (SSSR count). The normalized spacial score (nSPS) is 16.3. The van der Waals surface area contributed by atoms with Crippen LogP contribution in [0, 0.1) is 11.3 Å². The minimum atomic E-state index is -0.0140. The van der Waals surface area contributed by atoms with Crippen LogP contribution in [0.25, 0.3) is 0 Å². The molecule has 0 spiro atoms. The van der Waals surface area contributed by atoms with Crippen LogP contribution >= 0.6 is 0 Å². The molecule has 1 aliphatic carbocycles. The van der Waals surface area contributed by atoms with Gasteiger partial charge in [-0.05, 0) is 36.3 Å². The van der Waals surface area contributed by atoms with Crippen LogP contribution in [0.4, 0.5) is 5.82 Å². The van der Waals surface area contributed by atoms with E-state index in [2.05, 4.69) is 24.1 Å². The molecule has 1 fully saturated rings. The molecule has 0 radical (unpaired) electrons. The van der Waals surface area contributed by atoms with Gasteiger partial charge in [-0.15, -0.1) is 0 Å². The topological polar surface area (TPSA) is 45.2 Å². The highest BCUT2D eigenvalue weighted by atomic mass is 16.2. The van der Waals surface area contributed by atoms with Crippen LogP contribution in [-0.2, 0) is 0 Å². The molecule has 1 N–H and O–H groups in total. The summed E-state index contributed by atoms with van der Waals surface area (Å²) < 4.78 is 0. The number of anilines is 1. The molecule has 0 saturated heterocycles. The maximum Gasteiger partial charge on any atom is 0.254 e. The first-order valence-electron chi connectivity index (χ1n) is 6.86. The minimum Gasteiger partial charge on any atom is -0.370 e. The van der Waals surface area contributed by atoms with E-state index < -0.39 is 0 Å². The van der Waals surface area contributed by atoms with Gasteiger partial charge in [0, 0.05) is 26.8 Å². The van der Waals surface area contributed by atoms with Crippen molar-refractivity contribution in [1.82, 2.24) is 9.88 Å². The number of aromatic nitrogens is 1. The number of rotatable bonds is 5. The lowest BCUT2D eigenvalue weighted by molar-refractivity contribution is 0.0827. The Bertz CT molecular complexity index is 447. The van der Waals surface area contributed by atoms with E-state index in [1.54, 1.807) is 25.2 Å². The average molecular weight is 261 g/mol. The highest BCUT2D eigenvalue weighted by Gasteiger charge is 2.44. The molecule has 4 heteroatoms. The second-order valence-electron chi connectivity index (χ2n) is 6.00. The van der Waals surface area contributed by atoms with Gasteiger partial charge < -0.3 is 10.2 Å². The summed E-state index contributed by atoms with van der Waals surface area (Å²) in [5.41, 5.74) is 1.08. The van der Waals surface area contributed by atoms with Crippen LogP contribution in [0.1, 0.15) is 37.0 Å². The number of pyridine rings is 1. The molecule has 1 aromatic heterocycles. The van der Waals surface area contributed by atoms with Crippen LogP contribution in [0.15, 0.2) is 18.3 Å². The van der Waals surface area contributed by atoms with E-state index in [-0.39, 0.29) is 5.91 Å². The Hall–Kier alpha value is -1.58. The number of carbonyl (C=O) groups excluding carboxylic acids is 1. The number of hydrogen-bond donors (Lipinski definition) is 1. The lowest BCUT2D eigenvalue weighted by Crippen LogP contribution is -2.23. The Labute approximate surface area is 115 Å². The summed E-state index contributed by atoms with van der Waals surface area (Å²) in [7, 11) is 3.49. The number of nitrogens with one attached hydrogen (secondary N) is 1. The van der Waals surface area contributed by atoms with Crippen molar-refractivity contribution < 1.29 is 4.79 Å². The molecule has 0 unspecified atom stereocenters. The molecule has 1 saturated carbocycles. The summed E-state index contributed by atoms with van der Waals surface area (Å²) in [5.74, 6) is 1.54. The highest BCUT2D eigenvalue weighted by molar-refractivity contribution is 5.93. The fourth-order valence-corrected chi connectivity index (χ4v) is 2.27. The fraction of sp³-hybridized carbons (Fsp3) is 0.600. The van der Waals surface area contributed by atoms with Crippen molar-refractivity contribution in [2.45, 2.75) is 26.7 Å². The molecule has 4 nitrogen and oxygen atoms in total. The number of amides is 1. The number of carbonyl (C=O) groups is 1. The largest absolute Gasteiger partial charge is 0.370 e. The quantitative estimate of drug-likeness (QED) is 0.886. The Balaban J connectivity index is 1.94. The summed E-state index contributed by atoms with van der Waals surface area (Å²) in [5, 5.41) is 3.39. The summed E-state index contributed by atoms with van der Waals surface area (Å²) in [6.07, 6.45) is 4.24. The monoisotopic (exact) mass is 261 g/mol. The second-order valence-corrected chi connectivity index (χ2v) is 6.00. The van der Waals surface area contributed by atoms with E-state index in [0.29, 0.717) is 16.9 Å². The van der Waals surface area contributed by atoms with Gasteiger partial charge in [0.15, 0.2) is 0 Å². The Morgan fingerprint density at radius 2 is 2.11 bits per heavy atom. The van der Waals surface area contributed by atoms with E-state index in [1.807, 2.05) is 12.1 Å². The maximum atomic E-state index is 11.7. The van der Waals surface area contributed by atoms with Crippen molar-refractivity contribution >= 4 is 11.7 Å². The van der Waals surface area contributed by atoms with Crippen molar-refractivity contribution in [2.75, 3.05) is 26.0 Å². The molecule has 1 amide bonds. The van der Waals surface area contributed by atoms with E-state index in [1.165, 1.54) is 12.8 Å². The molecule has 0 aliphatic heterocycles. The molecule has 0 bridgehead atoms. The van der Waals surface area contributed by atoms with Gasteiger partial charge in [-0.3, -0.25) is 4.79 Å². The van der Waals surface area contributed by atoms with Crippen molar-refractivity contribution in [3.05, 3.63) is 23.9 Å². The molecule has 1 aliphatic rings. The zero-order valence-corrected chi connectivity index (χ0v) is 12.2. The maximum absolute atomic E-state index is 11.7. The van der Waals surface area contributed by atoms with E-state index in [0.717, 1.165) is 12.4 Å². The zero-order chi connectivity index (χ0) is 14.0. The van der Waals surface area contributed by atoms with Crippen molar-refractivity contribution in [1.29, 1.82) is 0 Å². The van der Waals surface area contributed by atoms with Crippen LogP contribution < -0.4 is 5.32 Å². The van der Waals surface area contributed by atoms with E-state index in [4.69, 9.17) is 0 Å². The lowest BCUT2D eigenvalue weighted by atomic mass is 9.92. The second kappa shape index (κ2) is 5.19. The molecule has 104 valence electrons. The van der Waals surface area contributed by atoms with Gasteiger partial charge >= 0.3 is 0 Å². The molecule has 1 aromatic rings. The van der Waals surface area contributed by atoms with Crippen LogP contribution in [0.2, 0.25) is 0 Å². The Morgan fingerprint density at radius 3 is 2.53 bits per heavy atom. The van der Waals surface area contributed by atoms with E-state index in [9.17, 15) is 4.79 Å². The van der Waals surface area contributed by atoms with Crippen molar-refractivity contribution in [2.24, 2.45) is 11.3 Å². The van der Waals surface area contributed by atoms with Gasteiger partial charge in [0.1, 0.15) is 5.82 Å². The Morgan fingerprint density at radius 1 is 1.42 bits per heavy atom. The van der Waals surface area contributed by atoms with Gasteiger partial charge in [0.25, 0.3) is 5.91 Å². The Kier molecular flexibility index (Phi) is 3.78. The van der Waals surface area contributed by atoms with Gasteiger partial charge in [-0.2, -0.15) is 0 Å². The lowest BCUT2D eigenvalue weighted by Gasteiger charge is -2.20. The predicted octanol–water partition coefficient (Wildman–Crippen LogP) is 2.63. The molecule has 19 heavy (non-hydrogen) atoms. The number of hydrogen-bond acceptors (Lipinski definition) is 3. The summed E-state index contributed by atoms with van der Waals surface area (Å²) in [4.78, 5) is 17.6. The van der Waals surface area contributed by atoms with Crippen LogP contribution in [0.3, 0.4) is 0 Å². The average Bonchev–Trinajstić information content (AvgIpc) is 3.17. The van der Waals surface area contributed by atoms with E-state index >= 15 is 0 Å². The van der Waals surface area contributed by atoms with Crippen LogP contribution in [-0.4, -0.2) is 36.4 Å². The summed E-state index contributed by atoms with van der Waals surface area (Å²) in [6, 6.07) is 3.71. The molecule has 0 atom stereocenters. The molecular weight excluding hydrogens is 238 g/mol. The SMILES string of the molecule is CC(C)C1(CNc2ccc(C(=O)N(C)C)cn2)CC1. The van der Waals surface area contributed by atoms with Crippen molar-refractivity contribution in [3.63, 3.8) is 0 Å². The first-order chi connectivity index (χ1) is 8.94. The number of nitrogens with zero attached hydrogens (tertiary/aromatic N) is 2. The minimum absolute atomic E-state index is 0.0140. The molecule has 1 heterocycles. The zero-order valence-electron chi connectivity index (χ0n) is 12.2. The third-order valence-electron chi connectivity index (χ3n) is 4.16. The molecule has 0 aromatic carbocycles. The smallest absolute Gasteiger partial charge is 0.254 e. The fourth-order valence-electron chi connectivity index (χ4n) is 2.27. The molecular formula is C15H23N3O. The van der Waals surface area contributed by atoms with Crippen LogP contribution in [0.5, 0.6) is 0 Å². The third-order valence-corrected chi connectivity index (χ3v) is 4.16. The highest BCUT2D eigenvalue weighted by Crippen LogP contribution is 2.51. The van der Waals surface area contributed by atoms with Gasteiger partial charge in [-0.25, -0.2) is 4.98 Å². The summed E-state index contributed by atoms with van der Waals surface area (Å²) in [6.45, 7) is 5.53. The standard InChI is InChI=1S/C15H23N3O/c1-11(2)15(7-8-15)10-17-13-6-5-12(9-16-13)14(19)18(3)4/h5-6,9,11H,7-8,10H2,1-4H3,(H,16,17). The first-order valence-corrected chi connectivity index (χ1v) is 6.86. The predicted molar refractivity (Wildman–Crippen MR) is 77.2 cm³/mol. The third kappa shape index (κ3) is 3.06. The van der Waals surface area contributed by atoms with Crippen molar-refractivity contribution in [3.8, 4) is 0 Å². The van der Waals surface area contributed by atoms with Gasteiger partial charge in [0.05, 0.1) is 5.56 Å². The van der Waals surface area contributed by atoms with Gasteiger partial charge in [-0.1, -0.05) is 13.8 Å². The first kappa shape index (κ1) is 13.8.